The molecule has 1 unspecified atom stereocenters. The van der Waals surface area contributed by atoms with Crippen LogP contribution in [0.5, 0.6) is 0 Å². The first-order valence-corrected chi connectivity index (χ1v) is 7.13. The lowest BCUT2D eigenvalue weighted by Crippen LogP contribution is -2.34. The summed E-state index contributed by atoms with van der Waals surface area (Å²) in [5, 5.41) is 18.8. The Kier molecular flexibility index (Phi) is 3.35. The van der Waals surface area contributed by atoms with E-state index in [1.54, 1.807) is 0 Å². The summed E-state index contributed by atoms with van der Waals surface area (Å²) in [5.41, 5.74) is 0. The maximum absolute atomic E-state index is 10.1. The van der Waals surface area contributed by atoms with Gasteiger partial charge in [0.25, 0.3) is 0 Å². The van der Waals surface area contributed by atoms with Crippen LogP contribution in [0.15, 0.2) is 0 Å². The van der Waals surface area contributed by atoms with Crippen molar-refractivity contribution in [2.24, 2.45) is 0 Å². The van der Waals surface area contributed by atoms with Gasteiger partial charge in [-0.3, -0.25) is 4.57 Å². The van der Waals surface area contributed by atoms with Crippen molar-refractivity contribution < 1.29 is 5.11 Å². The van der Waals surface area contributed by atoms with E-state index in [-0.39, 0.29) is 0 Å². The Balaban J connectivity index is 1.79. The molecule has 1 saturated heterocycles. The lowest BCUT2D eigenvalue weighted by atomic mass is 9.95. The number of aliphatic hydroxyl groups excluding tert-OH is 1. The van der Waals surface area contributed by atoms with E-state index in [9.17, 15) is 5.11 Å². The van der Waals surface area contributed by atoms with Gasteiger partial charge in [-0.1, -0.05) is 6.92 Å². The van der Waals surface area contributed by atoms with E-state index >= 15 is 0 Å². The highest BCUT2D eigenvalue weighted by Crippen LogP contribution is 2.31. The summed E-state index contributed by atoms with van der Waals surface area (Å²) in [5.74, 6) is 2.47. The first kappa shape index (κ1) is 12.1. The van der Waals surface area contributed by atoms with Crippen LogP contribution in [-0.2, 0) is 6.42 Å². The molecule has 5 nitrogen and oxygen atoms in total. The molecule has 0 amide bonds. The molecule has 1 aromatic rings. The molecule has 0 aliphatic carbocycles. The number of hydrogen-bond acceptors (Lipinski definition) is 4. The molecule has 1 aromatic heterocycles. The van der Waals surface area contributed by atoms with E-state index in [4.69, 9.17) is 0 Å². The Morgan fingerprint density at radius 2 is 2.00 bits per heavy atom. The third kappa shape index (κ3) is 2.06. The fourth-order valence-corrected chi connectivity index (χ4v) is 3.19. The monoisotopic (exact) mass is 250 g/mol. The minimum atomic E-state index is -0.400. The van der Waals surface area contributed by atoms with E-state index < -0.39 is 6.23 Å². The van der Waals surface area contributed by atoms with Crippen LogP contribution in [0.25, 0.3) is 0 Å². The Bertz CT molecular complexity index is 409. The van der Waals surface area contributed by atoms with Crippen LogP contribution in [0.4, 0.5) is 0 Å². The fourth-order valence-electron chi connectivity index (χ4n) is 3.19. The normalized spacial score (nSPS) is 26.2. The van der Waals surface area contributed by atoms with Crippen molar-refractivity contribution in [2.45, 2.75) is 51.2 Å². The molecule has 1 atom stereocenters. The van der Waals surface area contributed by atoms with E-state index in [0.717, 1.165) is 63.4 Å². The first-order chi connectivity index (χ1) is 8.79. The number of aryl methyl sites for hydroxylation is 1. The van der Waals surface area contributed by atoms with Gasteiger partial charge in [0.15, 0.2) is 0 Å². The predicted octanol–water partition coefficient (Wildman–Crippen LogP) is 1.30. The van der Waals surface area contributed by atoms with Gasteiger partial charge in [-0.05, 0) is 45.3 Å². The Morgan fingerprint density at radius 3 is 2.72 bits per heavy atom. The summed E-state index contributed by atoms with van der Waals surface area (Å²) in [7, 11) is 0. The molecule has 1 fully saturated rings. The van der Waals surface area contributed by atoms with Crippen molar-refractivity contribution >= 4 is 0 Å². The highest BCUT2D eigenvalue weighted by atomic mass is 16.3. The lowest BCUT2D eigenvalue weighted by Gasteiger charge is -2.31. The summed E-state index contributed by atoms with van der Waals surface area (Å²) >= 11 is 0. The number of nitrogens with zero attached hydrogens (tertiary/aromatic N) is 4. The molecule has 0 bridgehead atoms. The molecule has 5 heteroatoms. The Labute approximate surface area is 108 Å². The topological polar surface area (TPSA) is 54.2 Å². The van der Waals surface area contributed by atoms with Gasteiger partial charge in [-0.15, -0.1) is 10.2 Å². The van der Waals surface area contributed by atoms with Gasteiger partial charge < -0.3 is 10.0 Å². The molecule has 0 saturated carbocycles. The van der Waals surface area contributed by atoms with E-state index in [0.29, 0.717) is 5.92 Å². The van der Waals surface area contributed by atoms with Crippen LogP contribution >= 0.6 is 0 Å². The average Bonchev–Trinajstić information content (AvgIpc) is 2.84. The third-order valence-electron chi connectivity index (χ3n) is 4.35. The zero-order valence-electron chi connectivity index (χ0n) is 11.0. The highest BCUT2D eigenvalue weighted by molar-refractivity contribution is 5.07. The highest BCUT2D eigenvalue weighted by Gasteiger charge is 2.29. The van der Waals surface area contributed by atoms with Gasteiger partial charge in [0.05, 0.1) is 0 Å². The van der Waals surface area contributed by atoms with Crippen molar-refractivity contribution in [3.8, 4) is 0 Å². The number of hydrogen-bond donors (Lipinski definition) is 1. The standard InChI is InChI=1S/C13H22N4O/c1-2-16-8-6-10(7-9-16)13-15-14-11-4-3-5-12(18)17(11)13/h10,12,18H,2-9H2,1H3. The number of fused-ring (bicyclic) bond motifs is 1. The molecular formula is C13H22N4O. The van der Waals surface area contributed by atoms with Crippen LogP contribution in [0.3, 0.4) is 0 Å². The van der Waals surface area contributed by atoms with Gasteiger partial charge in [0.1, 0.15) is 17.9 Å². The SMILES string of the molecule is CCN1CCC(c2nnc3n2C(O)CCC3)CC1. The lowest BCUT2D eigenvalue weighted by molar-refractivity contribution is 0.0718. The summed E-state index contributed by atoms with van der Waals surface area (Å²) in [4.78, 5) is 2.47. The van der Waals surface area contributed by atoms with E-state index in [1.165, 1.54) is 0 Å². The molecule has 1 N–H and O–H groups in total. The maximum atomic E-state index is 10.1. The van der Waals surface area contributed by atoms with Gasteiger partial charge in [0.2, 0.25) is 0 Å². The van der Waals surface area contributed by atoms with Crippen molar-refractivity contribution in [2.75, 3.05) is 19.6 Å². The molecule has 3 heterocycles. The molecule has 2 aliphatic rings. The minimum absolute atomic E-state index is 0.400. The molecular weight excluding hydrogens is 228 g/mol. The second-order valence-corrected chi connectivity index (χ2v) is 5.43. The summed E-state index contributed by atoms with van der Waals surface area (Å²) in [6, 6.07) is 0. The third-order valence-corrected chi connectivity index (χ3v) is 4.35. The van der Waals surface area contributed by atoms with E-state index in [2.05, 4.69) is 22.0 Å². The number of aliphatic hydroxyl groups is 1. The number of rotatable bonds is 2. The van der Waals surface area contributed by atoms with Crippen LogP contribution in [0.2, 0.25) is 0 Å². The van der Waals surface area contributed by atoms with Crippen LogP contribution < -0.4 is 0 Å². The number of aromatic nitrogens is 3. The van der Waals surface area contributed by atoms with E-state index in [1.807, 2.05) is 4.57 Å². The summed E-state index contributed by atoms with van der Waals surface area (Å²) in [6.45, 7) is 5.62. The van der Waals surface area contributed by atoms with Crippen molar-refractivity contribution in [1.29, 1.82) is 0 Å². The first-order valence-electron chi connectivity index (χ1n) is 7.13. The van der Waals surface area contributed by atoms with Gasteiger partial charge in [-0.25, -0.2) is 0 Å². The maximum Gasteiger partial charge on any atom is 0.138 e. The molecule has 100 valence electrons. The summed E-state index contributed by atoms with van der Waals surface area (Å²) in [6.07, 6.45) is 4.69. The van der Waals surface area contributed by atoms with Crippen molar-refractivity contribution in [3.63, 3.8) is 0 Å². The molecule has 2 aliphatic heterocycles. The largest absolute Gasteiger partial charge is 0.373 e. The number of likely N-dealkylation sites (tertiary alicyclic amines) is 1. The number of piperidine rings is 1. The Morgan fingerprint density at radius 1 is 1.22 bits per heavy atom. The molecule has 0 radical (unpaired) electrons. The van der Waals surface area contributed by atoms with Gasteiger partial charge in [-0.2, -0.15) is 0 Å². The van der Waals surface area contributed by atoms with Gasteiger partial charge in [0, 0.05) is 12.3 Å². The minimum Gasteiger partial charge on any atom is -0.373 e. The van der Waals surface area contributed by atoms with Crippen molar-refractivity contribution in [1.82, 2.24) is 19.7 Å². The van der Waals surface area contributed by atoms with Crippen LogP contribution in [0, 0.1) is 0 Å². The zero-order chi connectivity index (χ0) is 12.5. The second-order valence-electron chi connectivity index (χ2n) is 5.43. The van der Waals surface area contributed by atoms with Crippen molar-refractivity contribution in [3.05, 3.63) is 11.6 Å². The fraction of sp³-hybridized carbons (Fsp3) is 0.846. The van der Waals surface area contributed by atoms with Crippen LogP contribution in [0.1, 0.15) is 56.4 Å². The predicted molar refractivity (Wildman–Crippen MR) is 68.3 cm³/mol. The van der Waals surface area contributed by atoms with Crippen LogP contribution in [-0.4, -0.2) is 44.4 Å². The van der Waals surface area contributed by atoms with Gasteiger partial charge >= 0.3 is 0 Å². The molecule has 0 spiro atoms. The molecule has 3 rings (SSSR count). The smallest absolute Gasteiger partial charge is 0.138 e. The Hall–Kier alpha value is -0.940. The summed E-state index contributed by atoms with van der Waals surface area (Å²) < 4.78 is 2.00. The zero-order valence-corrected chi connectivity index (χ0v) is 11.0. The average molecular weight is 250 g/mol. The molecule has 18 heavy (non-hydrogen) atoms. The molecule has 0 aromatic carbocycles. The quantitative estimate of drug-likeness (QED) is 0.859. The second kappa shape index (κ2) is 4.97.